The summed E-state index contributed by atoms with van der Waals surface area (Å²) in [5.41, 5.74) is 7.11. The van der Waals surface area contributed by atoms with E-state index in [0.29, 0.717) is 24.8 Å². The number of ether oxygens (including phenoxy) is 2. The Morgan fingerprint density at radius 1 is 1.15 bits per heavy atom. The molecule has 0 aromatic heterocycles. The maximum Gasteiger partial charge on any atom is 0.255 e. The smallest absolute Gasteiger partial charge is 0.255 e. The van der Waals surface area contributed by atoms with Crippen LogP contribution in [0.4, 0.5) is 0 Å². The van der Waals surface area contributed by atoms with Gasteiger partial charge in [0.05, 0.1) is 13.7 Å². The van der Waals surface area contributed by atoms with Crippen molar-refractivity contribution in [1.82, 2.24) is 10.6 Å². The third-order valence-corrected chi connectivity index (χ3v) is 3.68. The molecule has 144 valence electrons. The minimum atomic E-state index is -0.506. The normalized spacial score (nSPS) is 11.0. The van der Waals surface area contributed by atoms with Crippen molar-refractivity contribution in [2.24, 2.45) is 10.7 Å². The molecule has 7 nitrogen and oxygen atoms in total. The Hall–Kier alpha value is -3.22. The van der Waals surface area contributed by atoms with Gasteiger partial charge in [-0.1, -0.05) is 30.3 Å². The molecule has 0 saturated heterocycles. The quantitative estimate of drug-likeness (QED) is 0.462. The standard InChI is InChI=1S/C20H26N4O3/c1-3-22-20(24-13-16-8-4-5-10-18(16)26-2)23-12-15-7-6-9-17(11-15)27-14-19(21)25/h4-11H,3,12-14H2,1-2H3,(H2,21,25)(H2,22,23,24). The molecule has 0 aliphatic rings. The molecule has 0 fully saturated rings. The zero-order valence-corrected chi connectivity index (χ0v) is 15.7. The van der Waals surface area contributed by atoms with Gasteiger partial charge in [0.1, 0.15) is 11.5 Å². The van der Waals surface area contributed by atoms with E-state index in [1.807, 2.05) is 49.4 Å². The predicted octanol–water partition coefficient (Wildman–Crippen LogP) is 1.81. The number of primary amides is 1. The number of amides is 1. The van der Waals surface area contributed by atoms with E-state index < -0.39 is 5.91 Å². The predicted molar refractivity (Wildman–Crippen MR) is 106 cm³/mol. The van der Waals surface area contributed by atoms with Crippen molar-refractivity contribution in [2.75, 3.05) is 20.3 Å². The first-order valence-corrected chi connectivity index (χ1v) is 8.76. The Morgan fingerprint density at radius 3 is 2.70 bits per heavy atom. The molecule has 0 atom stereocenters. The van der Waals surface area contributed by atoms with Crippen LogP contribution in [0.2, 0.25) is 0 Å². The van der Waals surface area contributed by atoms with Crippen molar-refractivity contribution >= 4 is 11.9 Å². The zero-order chi connectivity index (χ0) is 19.5. The monoisotopic (exact) mass is 370 g/mol. The van der Waals surface area contributed by atoms with Crippen LogP contribution in [-0.2, 0) is 17.9 Å². The highest BCUT2D eigenvalue weighted by atomic mass is 16.5. The summed E-state index contributed by atoms with van der Waals surface area (Å²) in [5.74, 6) is 1.62. The number of guanidine groups is 1. The lowest BCUT2D eigenvalue weighted by Gasteiger charge is -2.13. The number of nitrogens with one attached hydrogen (secondary N) is 2. The van der Waals surface area contributed by atoms with Crippen molar-refractivity contribution in [3.63, 3.8) is 0 Å². The van der Waals surface area contributed by atoms with E-state index in [0.717, 1.165) is 23.4 Å². The Balaban J connectivity index is 2.00. The molecule has 0 heterocycles. The number of carbonyl (C=O) groups excluding carboxylic acids is 1. The van der Waals surface area contributed by atoms with Gasteiger partial charge >= 0.3 is 0 Å². The number of nitrogens with two attached hydrogens (primary N) is 1. The van der Waals surface area contributed by atoms with Crippen molar-refractivity contribution in [3.05, 3.63) is 59.7 Å². The van der Waals surface area contributed by atoms with E-state index in [4.69, 9.17) is 15.2 Å². The summed E-state index contributed by atoms with van der Waals surface area (Å²) in [7, 11) is 1.66. The Labute approximate surface area is 159 Å². The molecule has 0 saturated carbocycles. The van der Waals surface area contributed by atoms with Gasteiger partial charge in [-0.2, -0.15) is 0 Å². The van der Waals surface area contributed by atoms with E-state index in [1.165, 1.54) is 0 Å². The molecule has 0 spiro atoms. The average molecular weight is 370 g/mol. The fourth-order valence-electron chi connectivity index (χ4n) is 2.43. The van der Waals surface area contributed by atoms with Crippen LogP contribution in [0.1, 0.15) is 18.1 Å². The zero-order valence-electron chi connectivity index (χ0n) is 15.7. The second-order valence-electron chi connectivity index (χ2n) is 5.76. The maximum absolute atomic E-state index is 10.8. The van der Waals surface area contributed by atoms with Gasteiger partial charge in [-0.05, 0) is 30.7 Å². The summed E-state index contributed by atoms with van der Waals surface area (Å²) in [5, 5.41) is 6.52. The molecule has 0 unspecified atom stereocenters. The van der Waals surface area contributed by atoms with Crippen LogP contribution in [-0.4, -0.2) is 32.1 Å². The maximum atomic E-state index is 10.8. The van der Waals surface area contributed by atoms with Gasteiger partial charge in [-0.3, -0.25) is 4.79 Å². The first-order valence-electron chi connectivity index (χ1n) is 8.76. The second-order valence-corrected chi connectivity index (χ2v) is 5.76. The summed E-state index contributed by atoms with van der Waals surface area (Å²) in [4.78, 5) is 15.4. The van der Waals surface area contributed by atoms with Crippen molar-refractivity contribution < 1.29 is 14.3 Å². The van der Waals surface area contributed by atoms with Gasteiger partial charge in [-0.15, -0.1) is 0 Å². The third-order valence-electron chi connectivity index (χ3n) is 3.68. The fraction of sp³-hybridized carbons (Fsp3) is 0.300. The number of hydrogen-bond donors (Lipinski definition) is 3. The highest BCUT2D eigenvalue weighted by Gasteiger charge is 2.04. The van der Waals surface area contributed by atoms with Crippen LogP contribution in [0.3, 0.4) is 0 Å². The summed E-state index contributed by atoms with van der Waals surface area (Å²) in [6.07, 6.45) is 0. The average Bonchev–Trinajstić information content (AvgIpc) is 2.69. The van der Waals surface area contributed by atoms with Crippen molar-refractivity contribution in [3.8, 4) is 11.5 Å². The van der Waals surface area contributed by atoms with E-state index in [9.17, 15) is 4.79 Å². The van der Waals surface area contributed by atoms with E-state index in [-0.39, 0.29) is 6.61 Å². The molecule has 7 heteroatoms. The van der Waals surface area contributed by atoms with Crippen molar-refractivity contribution in [2.45, 2.75) is 20.0 Å². The Morgan fingerprint density at radius 2 is 1.96 bits per heavy atom. The van der Waals surface area contributed by atoms with Crippen LogP contribution in [0.5, 0.6) is 11.5 Å². The molecule has 0 bridgehead atoms. The van der Waals surface area contributed by atoms with Gasteiger partial charge in [0.25, 0.3) is 5.91 Å². The van der Waals surface area contributed by atoms with Gasteiger partial charge in [0, 0.05) is 18.7 Å². The van der Waals surface area contributed by atoms with Gasteiger partial charge in [-0.25, -0.2) is 4.99 Å². The molecular formula is C20H26N4O3. The molecule has 2 aromatic carbocycles. The molecule has 2 aromatic rings. The summed E-state index contributed by atoms with van der Waals surface area (Å²) in [6, 6.07) is 15.3. The number of para-hydroxylation sites is 1. The fourth-order valence-corrected chi connectivity index (χ4v) is 2.43. The van der Waals surface area contributed by atoms with E-state index in [2.05, 4.69) is 15.6 Å². The van der Waals surface area contributed by atoms with E-state index >= 15 is 0 Å². The molecule has 0 aliphatic heterocycles. The number of methoxy groups -OCH3 is 1. The lowest BCUT2D eigenvalue weighted by atomic mass is 10.2. The summed E-state index contributed by atoms with van der Waals surface area (Å²) >= 11 is 0. The van der Waals surface area contributed by atoms with Crippen molar-refractivity contribution in [1.29, 1.82) is 0 Å². The molecule has 0 aliphatic carbocycles. The van der Waals surface area contributed by atoms with Crippen LogP contribution in [0.15, 0.2) is 53.5 Å². The minimum Gasteiger partial charge on any atom is -0.496 e. The lowest BCUT2D eigenvalue weighted by molar-refractivity contribution is -0.119. The van der Waals surface area contributed by atoms with Gasteiger partial charge in [0.15, 0.2) is 12.6 Å². The molecular weight excluding hydrogens is 344 g/mol. The number of hydrogen-bond acceptors (Lipinski definition) is 4. The van der Waals surface area contributed by atoms with Crippen LogP contribution < -0.4 is 25.8 Å². The van der Waals surface area contributed by atoms with Gasteiger partial charge < -0.3 is 25.8 Å². The SMILES string of the molecule is CCNC(=NCc1cccc(OCC(N)=O)c1)NCc1ccccc1OC. The number of carbonyl (C=O) groups is 1. The highest BCUT2D eigenvalue weighted by molar-refractivity contribution is 5.79. The third kappa shape index (κ3) is 6.89. The Bertz CT molecular complexity index is 777. The number of benzene rings is 2. The van der Waals surface area contributed by atoms with Crippen LogP contribution in [0, 0.1) is 0 Å². The highest BCUT2D eigenvalue weighted by Crippen LogP contribution is 2.17. The minimum absolute atomic E-state index is 0.143. The molecule has 4 N–H and O–H groups in total. The Kier molecular flexibility index (Phi) is 7.96. The molecule has 2 rings (SSSR count). The largest absolute Gasteiger partial charge is 0.496 e. The lowest BCUT2D eigenvalue weighted by Crippen LogP contribution is -2.36. The van der Waals surface area contributed by atoms with Gasteiger partial charge in [0.2, 0.25) is 0 Å². The second kappa shape index (κ2) is 10.7. The number of aliphatic imine (C=N–C) groups is 1. The first kappa shape index (κ1) is 20.1. The summed E-state index contributed by atoms with van der Waals surface area (Å²) < 4.78 is 10.7. The van der Waals surface area contributed by atoms with E-state index in [1.54, 1.807) is 13.2 Å². The molecule has 0 radical (unpaired) electrons. The molecule has 27 heavy (non-hydrogen) atoms. The topological polar surface area (TPSA) is 98.0 Å². The summed E-state index contributed by atoms with van der Waals surface area (Å²) in [6.45, 7) is 3.68. The van der Waals surface area contributed by atoms with Crippen LogP contribution >= 0.6 is 0 Å². The van der Waals surface area contributed by atoms with Crippen LogP contribution in [0.25, 0.3) is 0 Å². The molecule has 1 amide bonds. The number of nitrogens with zero attached hydrogens (tertiary/aromatic N) is 1. The first-order chi connectivity index (χ1) is 13.1. The number of rotatable bonds is 9.